The Bertz CT molecular complexity index is 414. The van der Waals surface area contributed by atoms with Gasteiger partial charge in [0.1, 0.15) is 11.4 Å². The molecular formula is C15H22FNO2. The highest BCUT2D eigenvalue weighted by Gasteiger charge is 2.37. The Hall–Kier alpha value is -1.58. The van der Waals surface area contributed by atoms with Crippen LogP contribution in [-0.4, -0.2) is 18.6 Å². The van der Waals surface area contributed by atoms with E-state index in [0.717, 1.165) is 12.8 Å². The molecule has 0 bridgehead atoms. The number of carbonyl (C=O) groups excluding carboxylic acids is 1. The lowest BCUT2D eigenvalue weighted by molar-refractivity contribution is -0.146. The zero-order chi connectivity index (χ0) is 14.3. The maximum absolute atomic E-state index is 13.2. The fraction of sp³-hybridized carbons (Fsp3) is 0.533. The summed E-state index contributed by atoms with van der Waals surface area (Å²) in [6.07, 6.45) is 3.00. The number of rotatable bonds is 7. The van der Waals surface area contributed by atoms with Crippen LogP contribution in [0, 0.1) is 5.82 Å². The normalized spacial score (nSPS) is 11.2. The minimum absolute atomic E-state index is 0.291. The molecule has 1 rings (SSSR count). The van der Waals surface area contributed by atoms with Gasteiger partial charge in [0.2, 0.25) is 0 Å². The molecule has 0 atom stereocenters. The van der Waals surface area contributed by atoms with E-state index >= 15 is 0 Å². The highest BCUT2D eigenvalue weighted by atomic mass is 19.1. The van der Waals surface area contributed by atoms with Crippen molar-refractivity contribution in [1.82, 2.24) is 0 Å². The summed E-state index contributed by atoms with van der Waals surface area (Å²) in [4.78, 5) is 12.1. The average Bonchev–Trinajstić information content (AvgIpc) is 2.38. The Labute approximate surface area is 114 Å². The van der Waals surface area contributed by atoms with Crippen LogP contribution in [0.2, 0.25) is 0 Å². The number of carbonyl (C=O) groups is 1. The van der Waals surface area contributed by atoms with Gasteiger partial charge in [-0.05, 0) is 31.0 Å². The van der Waals surface area contributed by atoms with Gasteiger partial charge >= 0.3 is 5.97 Å². The number of hydrogen-bond acceptors (Lipinski definition) is 3. The summed E-state index contributed by atoms with van der Waals surface area (Å²) < 4.78 is 18.2. The van der Waals surface area contributed by atoms with Crippen LogP contribution >= 0.6 is 0 Å². The zero-order valence-corrected chi connectivity index (χ0v) is 11.8. The summed E-state index contributed by atoms with van der Waals surface area (Å²) in [5, 5.41) is 3.17. The first-order valence-corrected chi connectivity index (χ1v) is 6.70. The fourth-order valence-electron chi connectivity index (χ4n) is 2.40. The van der Waals surface area contributed by atoms with Gasteiger partial charge in [-0.1, -0.05) is 32.8 Å². The molecule has 0 radical (unpaired) electrons. The quantitative estimate of drug-likeness (QED) is 0.765. The van der Waals surface area contributed by atoms with E-state index in [2.05, 4.69) is 5.32 Å². The molecule has 0 fully saturated rings. The predicted molar refractivity (Wildman–Crippen MR) is 74.6 cm³/mol. The molecular weight excluding hydrogens is 245 g/mol. The van der Waals surface area contributed by atoms with E-state index in [4.69, 9.17) is 4.74 Å². The summed E-state index contributed by atoms with van der Waals surface area (Å²) >= 11 is 0. The van der Waals surface area contributed by atoms with Crippen molar-refractivity contribution in [2.75, 3.05) is 12.4 Å². The van der Waals surface area contributed by atoms with Crippen LogP contribution in [0.3, 0.4) is 0 Å². The third kappa shape index (κ3) is 3.94. The van der Waals surface area contributed by atoms with Gasteiger partial charge in [0.05, 0.1) is 7.11 Å². The van der Waals surface area contributed by atoms with Crippen molar-refractivity contribution in [1.29, 1.82) is 0 Å². The number of halogens is 1. The molecule has 0 aromatic heterocycles. The molecule has 4 heteroatoms. The maximum Gasteiger partial charge on any atom is 0.331 e. The lowest BCUT2D eigenvalue weighted by Crippen LogP contribution is -2.47. The van der Waals surface area contributed by atoms with E-state index in [-0.39, 0.29) is 11.8 Å². The van der Waals surface area contributed by atoms with E-state index in [1.165, 1.54) is 19.2 Å². The van der Waals surface area contributed by atoms with Crippen molar-refractivity contribution in [3.05, 3.63) is 30.1 Å². The van der Waals surface area contributed by atoms with Crippen molar-refractivity contribution >= 4 is 11.7 Å². The smallest absolute Gasteiger partial charge is 0.331 e. The Morgan fingerprint density at radius 3 is 2.42 bits per heavy atom. The van der Waals surface area contributed by atoms with Crippen LogP contribution in [0.4, 0.5) is 10.1 Å². The summed E-state index contributed by atoms with van der Waals surface area (Å²) in [7, 11) is 1.38. The third-order valence-corrected chi connectivity index (χ3v) is 3.14. The van der Waals surface area contributed by atoms with Gasteiger partial charge in [-0.2, -0.15) is 0 Å². The van der Waals surface area contributed by atoms with Gasteiger partial charge < -0.3 is 10.1 Å². The number of esters is 1. The molecule has 0 saturated carbocycles. The maximum atomic E-state index is 13.2. The Morgan fingerprint density at radius 2 is 1.95 bits per heavy atom. The number of hydrogen-bond donors (Lipinski definition) is 1. The fourth-order valence-corrected chi connectivity index (χ4v) is 2.40. The second kappa shape index (κ2) is 7.12. The van der Waals surface area contributed by atoms with Crippen LogP contribution < -0.4 is 5.32 Å². The monoisotopic (exact) mass is 267 g/mol. The van der Waals surface area contributed by atoms with Gasteiger partial charge in [0, 0.05) is 5.69 Å². The van der Waals surface area contributed by atoms with E-state index in [1.807, 2.05) is 13.8 Å². The number of anilines is 1. The molecule has 0 heterocycles. The summed E-state index contributed by atoms with van der Waals surface area (Å²) in [6.45, 7) is 4.03. The molecule has 1 N–H and O–H groups in total. The van der Waals surface area contributed by atoms with E-state index in [1.54, 1.807) is 12.1 Å². The first kappa shape index (κ1) is 15.5. The van der Waals surface area contributed by atoms with Crippen LogP contribution in [0.25, 0.3) is 0 Å². The van der Waals surface area contributed by atoms with Crippen LogP contribution in [0.5, 0.6) is 0 Å². The van der Waals surface area contributed by atoms with Gasteiger partial charge in [-0.3, -0.25) is 0 Å². The largest absolute Gasteiger partial charge is 0.467 e. The second-order valence-corrected chi connectivity index (χ2v) is 4.71. The number of nitrogens with one attached hydrogen (secondary N) is 1. The molecule has 0 aliphatic carbocycles. The predicted octanol–water partition coefficient (Wildman–Crippen LogP) is 3.75. The summed E-state index contributed by atoms with van der Waals surface area (Å²) in [6, 6.07) is 6.15. The standard InChI is InChI=1S/C15H22FNO2/c1-4-9-15(10-5-2,14(18)19-3)17-13-8-6-7-12(16)11-13/h6-8,11,17H,4-5,9-10H2,1-3H3. The molecule has 19 heavy (non-hydrogen) atoms. The molecule has 0 aliphatic heterocycles. The number of ether oxygens (including phenoxy) is 1. The molecule has 0 saturated heterocycles. The molecule has 0 aliphatic rings. The Kier molecular flexibility index (Phi) is 5.80. The van der Waals surface area contributed by atoms with Crippen LogP contribution in [0.15, 0.2) is 24.3 Å². The summed E-state index contributed by atoms with van der Waals surface area (Å²) in [5.74, 6) is -0.614. The molecule has 0 spiro atoms. The lowest BCUT2D eigenvalue weighted by Gasteiger charge is -2.32. The van der Waals surface area contributed by atoms with E-state index in [0.29, 0.717) is 18.5 Å². The highest BCUT2D eigenvalue weighted by molar-refractivity contribution is 5.84. The molecule has 0 unspecified atom stereocenters. The van der Waals surface area contributed by atoms with Crippen molar-refractivity contribution in [2.45, 2.75) is 45.1 Å². The molecule has 106 valence electrons. The molecule has 1 aromatic rings. The van der Waals surface area contributed by atoms with E-state index in [9.17, 15) is 9.18 Å². The first-order valence-electron chi connectivity index (χ1n) is 6.70. The van der Waals surface area contributed by atoms with Crippen molar-refractivity contribution < 1.29 is 13.9 Å². The minimum Gasteiger partial charge on any atom is -0.467 e. The van der Waals surface area contributed by atoms with E-state index < -0.39 is 5.54 Å². The minimum atomic E-state index is -0.772. The third-order valence-electron chi connectivity index (χ3n) is 3.14. The van der Waals surface area contributed by atoms with Crippen LogP contribution in [0.1, 0.15) is 39.5 Å². The number of benzene rings is 1. The highest BCUT2D eigenvalue weighted by Crippen LogP contribution is 2.27. The van der Waals surface area contributed by atoms with Crippen molar-refractivity contribution in [2.24, 2.45) is 0 Å². The van der Waals surface area contributed by atoms with Crippen molar-refractivity contribution in [3.63, 3.8) is 0 Å². The molecule has 0 amide bonds. The van der Waals surface area contributed by atoms with Gasteiger partial charge in [0.15, 0.2) is 0 Å². The topological polar surface area (TPSA) is 38.3 Å². The second-order valence-electron chi connectivity index (χ2n) is 4.71. The summed E-state index contributed by atoms with van der Waals surface area (Å²) in [5.41, 5.74) is -0.168. The van der Waals surface area contributed by atoms with Gasteiger partial charge in [-0.25, -0.2) is 9.18 Å². The molecule has 1 aromatic carbocycles. The SMILES string of the molecule is CCCC(CCC)(Nc1cccc(F)c1)C(=O)OC. The Balaban J connectivity index is 3.04. The Morgan fingerprint density at radius 1 is 1.32 bits per heavy atom. The zero-order valence-electron chi connectivity index (χ0n) is 11.8. The average molecular weight is 267 g/mol. The van der Waals surface area contributed by atoms with Gasteiger partial charge in [0.25, 0.3) is 0 Å². The van der Waals surface area contributed by atoms with Gasteiger partial charge in [-0.15, -0.1) is 0 Å². The van der Waals surface area contributed by atoms with Crippen LogP contribution in [-0.2, 0) is 9.53 Å². The van der Waals surface area contributed by atoms with Crippen molar-refractivity contribution in [3.8, 4) is 0 Å². The number of methoxy groups -OCH3 is 1. The molecule has 3 nitrogen and oxygen atoms in total. The first-order chi connectivity index (χ1) is 9.07. The lowest BCUT2D eigenvalue weighted by atomic mass is 9.88.